The van der Waals surface area contributed by atoms with Crippen molar-refractivity contribution in [3.05, 3.63) is 58.1 Å². The fraction of sp³-hybridized carbons (Fsp3) is 0.222. The van der Waals surface area contributed by atoms with Crippen molar-refractivity contribution in [3.63, 3.8) is 0 Å². The van der Waals surface area contributed by atoms with Crippen molar-refractivity contribution in [2.24, 2.45) is 5.92 Å². The summed E-state index contributed by atoms with van der Waals surface area (Å²) in [5, 5.41) is 6.43. The van der Waals surface area contributed by atoms with E-state index in [0.29, 0.717) is 34.5 Å². The Balaban J connectivity index is 2.04. The van der Waals surface area contributed by atoms with Crippen molar-refractivity contribution in [1.82, 2.24) is 5.32 Å². The Bertz CT molecular complexity index is 781. The van der Waals surface area contributed by atoms with Gasteiger partial charge in [-0.25, -0.2) is 0 Å². The molecule has 2 aromatic rings. The minimum Gasteiger partial charge on any atom is -0.491 e. The number of rotatable bonds is 5. The number of hydrogen-bond acceptors (Lipinski definition) is 3. The second-order valence-electron chi connectivity index (χ2n) is 5.73. The van der Waals surface area contributed by atoms with E-state index in [2.05, 4.69) is 24.5 Å². The molecule has 0 unspecified atom stereocenters. The average Bonchev–Trinajstić information content (AvgIpc) is 2.53. The van der Waals surface area contributed by atoms with Crippen LogP contribution < -0.4 is 15.4 Å². The lowest BCUT2D eigenvalue weighted by molar-refractivity contribution is 0.0978. The maximum absolute atomic E-state index is 12.3. The summed E-state index contributed by atoms with van der Waals surface area (Å²) in [5.41, 5.74) is 0.968. The monoisotopic (exact) mass is 396 g/mol. The molecule has 0 bridgehead atoms. The number of hydrogen-bond donors (Lipinski definition) is 2. The molecule has 2 N–H and O–H groups in total. The number of thiocarbonyl (C=S) groups is 1. The number of para-hydroxylation sites is 2. The van der Waals surface area contributed by atoms with Crippen LogP contribution in [-0.2, 0) is 0 Å². The second kappa shape index (κ2) is 9.04. The normalized spacial score (nSPS) is 10.4. The number of anilines is 1. The first kappa shape index (κ1) is 19.5. The third-order valence-corrected chi connectivity index (χ3v) is 3.86. The lowest BCUT2D eigenvalue weighted by Crippen LogP contribution is -2.34. The van der Waals surface area contributed by atoms with Crippen LogP contribution >= 0.6 is 35.4 Å². The highest BCUT2D eigenvalue weighted by atomic mass is 35.5. The predicted octanol–water partition coefficient (Wildman–Crippen LogP) is 5.16. The molecule has 132 valence electrons. The van der Waals surface area contributed by atoms with Gasteiger partial charge >= 0.3 is 0 Å². The molecule has 25 heavy (non-hydrogen) atoms. The Morgan fingerprint density at radius 3 is 2.60 bits per heavy atom. The summed E-state index contributed by atoms with van der Waals surface area (Å²) in [6.45, 7) is 4.71. The minimum atomic E-state index is -0.417. The van der Waals surface area contributed by atoms with Crippen molar-refractivity contribution in [2.45, 2.75) is 13.8 Å². The molecule has 0 heterocycles. The summed E-state index contributed by atoms with van der Waals surface area (Å²) >= 11 is 17.1. The molecule has 0 atom stereocenters. The molecule has 1 amide bonds. The zero-order chi connectivity index (χ0) is 18.4. The molecule has 0 aliphatic carbocycles. The van der Waals surface area contributed by atoms with Gasteiger partial charge in [-0.1, -0.05) is 49.2 Å². The molecule has 0 saturated carbocycles. The van der Waals surface area contributed by atoms with Gasteiger partial charge < -0.3 is 10.1 Å². The highest BCUT2D eigenvalue weighted by Crippen LogP contribution is 2.24. The van der Waals surface area contributed by atoms with Crippen molar-refractivity contribution < 1.29 is 9.53 Å². The van der Waals surface area contributed by atoms with Crippen LogP contribution in [0.15, 0.2) is 42.5 Å². The quantitative estimate of drug-likeness (QED) is 0.685. The summed E-state index contributed by atoms with van der Waals surface area (Å²) in [7, 11) is 0. The largest absolute Gasteiger partial charge is 0.491 e. The topological polar surface area (TPSA) is 50.4 Å². The Labute approximate surface area is 162 Å². The van der Waals surface area contributed by atoms with Crippen molar-refractivity contribution >= 4 is 52.1 Å². The van der Waals surface area contributed by atoms with E-state index in [0.717, 1.165) is 0 Å². The van der Waals surface area contributed by atoms with Crippen LogP contribution in [-0.4, -0.2) is 17.6 Å². The second-order valence-corrected chi connectivity index (χ2v) is 6.99. The molecular weight excluding hydrogens is 379 g/mol. The van der Waals surface area contributed by atoms with E-state index in [4.69, 9.17) is 40.2 Å². The molecule has 0 fully saturated rings. The molecule has 0 saturated heterocycles. The van der Waals surface area contributed by atoms with Gasteiger partial charge in [0.05, 0.1) is 22.9 Å². The first-order valence-corrected chi connectivity index (χ1v) is 8.82. The van der Waals surface area contributed by atoms with Crippen LogP contribution in [0.25, 0.3) is 0 Å². The fourth-order valence-electron chi connectivity index (χ4n) is 1.95. The van der Waals surface area contributed by atoms with Gasteiger partial charge in [0, 0.05) is 5.02 Å². The molecule has 0 aliphatic heterocycles. The number of amides is 1. The SMILES string of the molecule is CC(C)COc1ccccc1NC(=S)NC(=O)c1ccc(Cl)cc1Cl. The molecule has 0 aromatic heterocycles. The van der Waals surface area contributed by atoms with Crippen molar-refractivity contribution in [1.29, 1.82) is 0 Å². The first-order valence-electron chi connectivity index (χ1n) is 7.66. The van der Waals surface area contributed by atoms with Gasteiger partial charge in [-0.05, 0) is 48.5 Å². The average molecular weight is 397 g/mol. The Kier molecular flexibility index (Phi) is 7.05. The summed E-state index contributed by atoms with van der Waals surface area (Å²) in [4.78, 5) is 12.3. The zero-order valence-corrected chi connectivity index (χ0v) is 16.1. The van der Waals surface area contributed by atoms with Gasteiger partial charge in [0.2, 0.25) is 0 Å². The third-order valence-electron chi connectivity index (χ3n) is 3.11. The van der Waals surface area contributed by atoms with Crippen LogP contribution in [0.2, 0.25) is 10.0 Å². The third kappa shape index (κ3) is 5.88. The van der Waals surface area contributed by atoms with E-state index in [1.165, 1.54) is 6.07 Å². The fourth-order valence-corrected chi connectivity index (χ4v) is 2.65. The van der Waals surface area contributed by atoms with Gasteiger partial charge in [-0.2, -0.15) is 0 Å². The standard InChI is InChI=1S/C18H18Cl2N2O2S/c1-11(2)10-24-16-6-4-3-5-15(16)21-18(25)22-17(23)13-8-7-12(19)9-14(13)20/h3-9,11H,10H2,1-2H3,(H2,21,22,23,25). The van der Waals surface area contributed by atoms with E-state index in [9.17, 15) is 4.79 Å². The highest BCUT2D eigenvalue weighted by Gasteiger charge is 2.13. The number of carbonyl (C=O) groups is 1. The molecule has 2 rings (SSSR count). The molecule has 7 heteroatoms. The predicted molar refractivity (Wildman–Crippen MR) is 107 cm³/mol. The van der Waals surface area contributed by atoms with Crippen LogP contribution in [0, 0.1) is 5.92 Å². The number of benzene rings is 2. The van der Waals surface area contributed by atoms with Gasteiger partial charge in [0.1, 0.15) is 5.75 Å². The summed E-state index contributed by atoms with van der Waals surface area (Å²) < 4.78 is 5.75. The van der Waals surface area contributed by atoms with E-state index in [-0.39, 0.29) is 10.1 Å². The smallest absolute Gasteiger partial charge is 0.258 e. The molecule has 0 radical (unpaired) electrons. The van der Waals surface area contributed by atoms with Gasteiger partial charge in [0.15, 0.2) is 5.11 Å². The zero-order valence-electron chi connectivity index (χ0n) is 13.8. The van der Waals surface area contributed by atoms with E-state index in [1.807, 2.05) is 24.3 Å². The van der Waals surface area contributed by atoms with Gasteiger partial charge in [0.25, 0.3) is 5.91 Å². The summed E-state index contributed by atoms with van der Waals surface area (Å²) in [5.74, 6) is 0.642. The maximum atomic E-state index is 12.3. The molecule has 0 spiro atoms. The molecule has 2 aromatic carbocycles. The van der Waals surface area contributed by atoms with Gasteiger partial charge in [-0.15, -0.1) is 0 Å². The number of halogens is 2. The van der Waals surface area contributed by atoms with Crippen molar-refractivity contribution in [3.8, 4) is 5.75 Å². The van der Waals surface area contributed by atoms with E-state index in [1.54, 1.807) is 12.1 Å². The van der Waals surface area contributed by atoms with Crippen LogP contribution in [0.4, 0.5) is 5.69 Å². The van der Waals surface area contributed by atoms with E-state index < -0.39 is 5.91 Å². The van der Waals surface area contributed by atoms with Crippen molar-refractivity contribution in [2.75, 3.05) is 11.9 Å². The summed E-state index contributed by atoms with van der Waals surface area (Å²) in [6.07, 6.45) is 0. The number of carbonyl (C=O) groups excluding carboxylic acids is 1. The van der Waals surface area contributed by atoms with Gasteiger partial charge in [-0.3, -0.25) is 10.1 Å². The lowest BCUT2D eigenvalue weighted by atomic mass is 10.2. The Morgan fingerprint density at radius 1 is 1.20 bits per heavy atom. The lowest BCUT2D eigenvalue weighted by Gasteiger charge is -2.15. The van der Waals surface area contributed by atoms with Crippen LogP contribution in [0.3, 0.4) is 0 Å². The Hall–Kier alpha value is -1.82. The summed E-state index contributed by atoms with van der Waals surface area (Å²) in [6, 6.07) is 12.0. The molecule has 0 aliphatic rings. The maximum Gasteiger partial charge on any atom is 0.258 e. The molecule has 4 nitrogen and oxygen atoms in total. The number of ether oxygens (including phenoxy) is 1. The number of nitrogens with one attached hydrogen (secondary N) is 2. The minimum absolute atomic E-state index is 0.150. The van der Waals surface area contributed by atoms with Crippen LogP contribution in [0.1, 0.15) is 24.2 Å². The highest BCUT2D eigenvalue weighted by molar-refractivity contribution is 7.80. The van der Waals surface area contributed by atoms with E-state index >= 15 is 0 Å². The van der Waals surface area contributed by atoms with Crippen LogP contribution in [0.5, 0.6) is 5.75 Å². The Morgan fingerprint density at radius 2 is 1.92 bits per heavy atom. The first-order chi connectivity index (χ1) is 11.9. The molecular formula is C18H18Cl2N2O2S.